The van der Waals surface area contributed by atoms with Crippen molar-refractivity contribution in [1.82, 2.24) is 24.1 Å². The molecule has 0 amide bonds. The average Bonchev–Trinajstić information content (AvgIpc) is 3.79. The fourth-order valence-electron chi connectivity index (χ4n) is 9.04. The lowest BCUT2D eigenvalue weighted by Gasteiger charge is -2.23. The van der Waals surface area contributed by atoms with E-state index in [2.05, 4.69) is 77.4 Å². The summed E-state index contributed by atoms with van der Waals surface area (Å²) in [5.41, 5.74) is 5.28. The molecule has 60 heavy (non-hydrogen) atoms. The standard InChI is InChI=1S/C45H17B10N5/c46-33-31(34(47)38(51)41(54)37(33)50)43-56-44(32-35(48)39(52)42(55)40(53)36(32)49)58-45(57-43)60-24-15-7-13-22-20-11-5-4-10-19(20)21-12-6-14-23-27(21)29-25(16-17-26(60)30(29)28(22)24)59(23)18-8-2-1-3-9-18/h1-17H. The Kier molecular flexibility index (Phi) is 8.07. The Morgan fingerprint density at radius 2 is 0.667 bits per heavy atom. The van der Waals surface area contributed by atoms with Gasteiger partial charge in [0.1, 0.15) is 78.5 Å². The van der Waals surface area contributed by atoms with Crippen LogP contribution >= 0.6 is 0 Å². The van der Waals surface area contributed by atoms with Gasteiger partial charge >= 0.3 is 0 Å². The van der Waals surface area contributed by atoms with Gasteiger partial charge in [-0.3, -0.25) is 4.57 Å². The molecule has 252 valence electrons. The topological polar surface area (TPSA) is 48.5 Å². The maximum atomic E-state index is 6.65. The predicted molar refractivity (Wildman–Crippen MR) is 259 cm³/mol. The van der Waals surface area contributed by atoms with Gasteiger partial charge in [-0.1, -0.05) is 88.6 Å². The van der Waals surface area contributed by atoms with Crippen LogP contribution in [0.2, 0.25) is 0 Å². The van der Waals surface area contributed by atoms with Gasteiger partial charge in [0.15, 0.2) is 11.6 Å². The van der Waals surface area contributed by atoms with E-state index < -0.39 is 0 Å². The van der Waals surface area contributed by atoms with E-state index in [0.717, 1.165) is 70.8 Å². The maximum absolute atomic E-state index is 6.65. The number of benzene rings is 7. The van der Waals surface area contributed by atoms with Gasteiger partial charge in [0.25, 0.3) is 0 Å². The minimum absolute atomic E-state index is 0.0148. The molecule has 0 saturated heterocycles. The molecule has 3 heterocycles. The molecule has 8 aromatic carbocycles. The third kappa shape index (κ3) is 4.86. The molecule has 0 saturated carbocycles. The van der Waals surface area contributed by atoms with E-state index >= 15 is 0 Å². The average molecular weight is 736 g/mol. The molecule has 20 radical (unpaired) electrons. The van der Waals surface area contributed by atoms with Gasteiger partial charge in [-0.05, 0) is 57.9 Å². The van der Waals surface area contributed by atoms with Crippen LogP contribution < -0.4 is 54.6 Å². The van der Waals surface area contributed by atoms with E-state index in [9.17, 15) is 0 Å². The SMILES string of the molecule is [B]c1c([B])c([B])c(-c2nc(-c3c([B])c([B])c([B])c([B])c3[B])nc(-n3c4cccc5c6ccccc6c6cccc7c6c6c(c54)c3ccc6n7-c3ccccc3)n2)c([B])c1[B]. The lowest BCUT2D eigenvalue weighted by Crippen LogP contribution is -2.55. The smallest absolute Gasteiger partial charge is 0.238 e. The zero-order valence-electron chi connectivity index (χ0n) is 31.8. The van der Waals surface area contributed by atoms with Gasteiger partial charge in [0.2, 0.25) is 5.95 Å². The van der Waals surface area contributed by atoms with Gasteiger partial charge in [-0.15, -0.1) is 32.8 Å². The first-order valence-corrected chi connectivity index (χ1v) is 19.0. The van der Waals surface area contributed by atoms with Crippen molar-refractivity contribution in [2.24, 2.45) is 0 Å². The summed E-state index contributed by atoms with van der Waals surface area (Å²) in [6.07, 6.45) is 0. The number of rotatable bonds is 4. The van der Waals surface area contributed by atoms with E-state index in [4.69, 9.17) is 93.4 Å². The van der Waals surface area contributed by atoms with Crippen LogP contribution in [0.15, 0.2) is 103 Å². The van der Waals surface area contributed by atoms with Gasteiger partial charge in [-0.2, -0.15) is 9.97 Å². The first-order chi connectivity index (χ1) is 29.0. The third-order valence-electron chi connectivity index (χ3n) is 11.9. The molecule has 5 nitrogen and oxygen atoms in total. The molecule has 11 rings (SSSR count). The summed E-state index contributed by atoms with van der Waals surface area (Å²) in [6.45, 7) is 0. The third-order valence-corrected chi connectivity index (χ3v) is 11.9. The van der Waals surface area contributed by atoms with Gasteiger partial charge in [-0.25, -0.2) is 4.98 Å². The minimum atomic E-state index is 0.0148. The van der Waals surface area contributed by atoms with Crippen LogP contribution in [-0.4, -0.2) is 103 Å². The molecule has 0 atom stereocenters. The summed E-state index contributed by atoms with van der Waals surface area (Å²) in [4.78, 5) is 15.0. The van der Waals surface area contributed by atoms with Gasteiger partial charge < -0.3 is 4.57 Å². The number of aromatic nitrogens is 5. The molecule has 3 aromatic heterocycles. The van der Waals surface area contributed by atoms with Crippen LogP contribution in [0.3, 0.4) is 0 Å². The zero-order valence-corrected chi connectivity index (χ0v) is 31.8. The highest BCUT2D eigenvalue weighted by Gasteiger charge is 2.27. The van der Waals surface area contributed by atoms with E-state index in [1.54, 1.807) is 0 Å². The van der Waals surface area contributed by atoms with Crippen LogP contribution in [0.1, 0.15) is 0 Å². The summed E-state index contributed by atoms with van der Waals surface area (Å²) >= 11 is 0. The second-order valence-corrected chi connectivity index (χ2v) is 15.0. The Morgan fingerprint density at radius 1 is 0.300 bits per heavy atom. The van der Waals surface area contributed by atoms with Crippen molar-refractivity contribution in [3.63, 3.8) is 0 Å². The first kappa shape index (κ1) is 36.8. The van der Waals surface area contributed by atoms with E-state index in [1.807, 2.05) is 34.9 Å². The molecule has 0 aliphatic rings. The highest BCUT2D eigenvalue weighted by molar-refractivity contribution is 6.70. The molecule has 0 unspecified atom stereocenters. The molecular formula is C45H17B10N5. The lowest BCUT2D eigenvalue weighted by atomic mass is 9.60. The molecule has 0 aliphatic carbocycles. The van der Waals surface area contributed by atoms with Crippen molar-refractivity contribution in [1.29, 1.82) is 0 Å². The number of para-hydroxylation sites is 1. The summed E-state index contributed by atoms with van der Waals surface area (Å²) < 4.78 is 4.30. The molecule has 15 heteroatoms. The van der Waals surface area contributed by atoms with Crippen molar-refractivity contribution >= 4 is 198 Å². The Balaban J connectivity index is 1.37. The Labute approximate surface area is 358 Å². The second kappa shape index (κ2) is 13.1. The van der Waals surface area contributed by atoms with E-state index in [0.29, 0.717) is 0 Å². The van der Waals surface area contributed by atoms with E-state index in [-0.39, 0.29) is 83.4 Å². The number of hydrogen-bond donors (Lipinski definition) is 0. The van der Waals surface area contributed by atoms with Gasteiger partial charge in [0, 0.05) is 38.4 Å². The maximum Gasteiger partial charge on any atom is 0.238 e. The first-order valence-electron chi connectivity index (χ1n) is 19.0. The Bertz CT molecular complexity index is 3530. The monoisotopic (exact) mass is 737 g/mol. The summed E-state index contributed by atoms with van der Waals surface area (Å²) in [7, 11) is 64.6. The second-order valence-electron chi connectivity index (χ2n) is 15.0. The molecule has 0 spiro atoms. The lowest BCUT2D eigenvalue weighted by molar-refractivity contribution is 0.956. The predicted octanol–water partition coefficient (Wildman–Crippen LogP) is -0.918. The minimum Gasteiger partial charge on any atom is -0.309 e. The molecule has 0 fully saturated rings. The Hall–Kier alpha value is -6.20. The van der Waals surface area contributed by atoms with Crippen LogP contribution in [0, 0.1) is 0 Å². The summed E-state index contributed by atoms with van der Waals surface area (Å²) in [5.74, 6) is 0.202. The highest BCUT2D eigenvalue weighted by atomic mass is 15.2. The molecule has 11 aromatic rings. The van der Waals surface area contributed by atoms with Crippen LogP contribution in [0.5, 0.6) is 0 Å². The van der Waals surface area contributed by atoms with Crippen LogP contribution in [0.25, 0.3) is 99.6 Å². The van der Waals surface area contributed by atoms with Crippen LogP contribution in [-0.2, 0) is 0 Å². The largest absolute Gasteiger partial charge is 0.309 e. The molecule has 0 bridgehead atoms. The van der Waals surface area contributed by atoms with Crippen LogP contribution in [0.4, 0.5) is 0 Å². The quantitative estimate of drug-likeness (QED) is 0.220. The number of fused-ring (bicyclic) bond motifs is 3. The molecular weight excluding hydrogens is 719 g/mol. The normalized spacial score (nSPS) is 12.0. The van der Waals surface area contributed by atoms with Crippen molar-refractivity contribution in [2.75, 3.05) is 0 Å². The van der Waals surface area contributed by atoms with Crippen molar-refractivity contribution in [3.8, 4) is 34.4 Å². The summed E-state index contributed by atoms with van der Waals surface area (Å²) in [6, 6.07) is 35.7. The fraction of sp³-hybridized carbons (Fsp3) is 0. The number of nitrogens with zero attached hydrogens (tertiary/aromatic N) is 5. The van der Waals surface area contributed by atoms with Crippen molar-refractivity contribution in [3.05, 3.63) is 103 Å². The highest BCUT2D eigenvalue weighted by Crippen LogP contribution is 2.47. The van der Waals surface area contributed by atoms with Gasteiger partial charge in [0.05, 0.1) is 22.1 Å². The number of hydrogen-bond acceptors (Lipinski definition) is 3. The van der Waals surface area contributed by atoms with Crippen molar-refractivity contribution in [2.45, 2.75) is 0 Å². The molecule has 0 N–H and O–H groups in total. The van der Waals surface area contributed by atoms with Crippen molar-refractivity contribution < 1.29 is 0 Å². The molecule has 0 aliphatic heterocycles. The Morgan fingerprint density at radius 3 is 1.13 bits per heavy atom. The van der Waals surface area contributed by atoms with E-state index in [1.165, 1.54) is 0 Å². The fourth-order valence-corrected chi connectivity index (χ4v) is 9.04. The summed E-state index contributed by atoms with van der Waals surface area (Å²) in [5, 5.41) is 8.51. The zero-order chi connectivity index (χ0) is 41.5.